The summed E-state index contributed by atoms with van der Waals surface area (Å²) in [6.45, 7) is 0.380. The lowest BCUT2D eigenvalue weighted by Crippen LogP contribution is -2.24. The lowest BCUT2D eigenvalue weighted by atomic mass is 10.0. The molecule has 0 radical (unpaired) electrons. The summed E-state index contributed by atoms with van der Waals surface area (Å²) in [5.74, 6) is -0.145. The highest BCUT2D eigenvalue weighted by Gasteiger charge is 2.06. The van der Waals surface area contributed by atoms with Crippen LogP contribution in [0.5, 0.6) is 0 Å². The van der Waals surface area contributed by atoms with Gasteiger partial charge in [-0.15, -0.1) is 0 Å². The van der Waals surface area contributed by atoms with E-state index in [1.165, 1.54) is 0 Å². The van der Waals surface area contributed by atoms with Crippen LogP contribution in [0.25, 0.3) is 11.1 Å². The van der Waals surface area contributed by atoms with E-state index in [9.17, 15) is 4.79 Å². The van der Waals surface area contributed by atoms with Gasteiger partial charge in [-0.25, -0.2) is 0 Å². The molecule has 1 N–H and O–H groups in total. The van der Waals surface area contributed by atoms with Gasteiger partial charge < -0.3 is 5.32 Å². The van der Waals surface area contributed by atoms with Crippen LogP contribution in [-0.4, -0.2) is 12.5 Å². The van der Waals surface area contributed by atoms with Crippen LogP contribution in [0.4, 0.5) is 0 Å². The van der Waals surface area contributed by atoms with Crippen LogP contribution in [0.15, 0.2) is 54.6 Å². The van der Waals surface area contributed by atoms with Gasteiger partial charge in [0.25, 0.3) is 5.91 Å². The fraction of sp³-hybridized carbons (Fsp3) is 0.125. The number of carbonyl (C=O) groups is 1. The minimum atomic E-state index is -0.145. The van der Waals surface area contributed by atoms with E-state index in [-0.39, 0.29) is 5.91 Å². The third-order valence-electron chi connectivity index (χ3n) is 2.75. The topological polar surface area (TPSA) is 52.9 Å². The Kier molecular flexibility index (Phi) is 4.30. The van der Waals surface area contributed by atoms with Crippen molar-refractivity contribution in [2.24, 2.45) is 0 Å². The Balaban J connectivity index is 2.16. The van der Waals surface area contributed by atoms with Crippen LogP contribution < -0.4 is 5.32 Å². The van der Waals surface area contributed by atoms with Gasteiger partial charge in [0.1, 0.15) is 0 Å². The Bertz CT molecular complexity index is 600. The Morgan fingerprint density at radius 3 is 2.53 bits per heavy atom. The van der Waals surface area contributed by atoms with Crippen molar-refractivity contribution < 1.29 is 4.79 Å². The number of carbonyl (C=O) groups excluding carboxylic acids is 1. The van der Waals surface area contributed by atoms with Crippen molar-refractivity contribution in [2.45, 2.75) is 6.42 Å². The number of hydrogen-bond acceptors (Lipinski definition) is 2. The van der Waals surface area contributed by atoms with E-state index >= 15 is 0 Å². The average molecular weight is 250 g/mol. The van der Waals surface area contributed by atoms with Crippen LogP contribution in [0.2, 0.25) is 0 Å². The summed E-state index contributed by atoms with van der Waals surface area (Å²) in [6, 6.07) is 19.4. The normalized spacial score (nSPS) is 9.63. The highest BCUT2D eigenvalue weighted by atomic mass is 16.1. The summed E-state index contributed by atoms with van der Waals surface area (Å²) in [5, 5.41) is 11.2. The van der Waals surface area contributed by atoms with Gasteiger partial charge in [0, 0.05) is 12.1 Å². The van der Waals surface area contributed by atoms with Gasteiger partial charge in [-0.05, 0) is 23.3 Å². The lowest BCUT2D eigenvalue weighted by molar-refractivity contribution is 0.0954. The molecule has 3 nitrogen and oxygen atoms in total. The van der Waals surface area contributed by atoms with Gasteiger partial charge in [0.2, 0.25) is 0 Å². The molecule has 0 aliphatic carbocycles. The van der Waals surface area contributed by atoms with Crippen molar-refractivity contribution >= 4 is 5.91 Å². The molecule has 0 aliphatic heterocycles. The lowest BCUT2D eigenvalue weighted by Gasteiger charge is -2.06. The summed E-state index contributed by atoms with van der Waals surface area (Å²) in [7, 11) is 0. The predicted molar refractivity (Wildman–Crippen MR) is 74.4 cm³/mol. The van der Waals surface area contributed by atoms with E-state index in [0.29, 0.717) is 18.5 Å². The minimum Gasteiger partial charge on any atom is -0.351 e. The van der Waals surface area contributed by atoms with E-state index in [1.54, 1.807) is 6.07 Å². The number of amides is 1. The molecular weight excluding hydrogens is 236 g/mol. The Labute approximate surface area is 112 Å². The van der Waals surface area contributed by atoms with Crippen molar-refractivity contribution in [2.75, 3.05) is 6.54 Å². The van der Waals surface area contributed by atoms with Crippen molar-refractivity contribution in [3.63, 3.8) is 0 Å². The first-order valence-corrected chi connectivity index (χ1v) is 6.12. The fourth-order valence-corrected chi connectivity index (χ4v) is 1.80. The number of hydrogen-bond donors (Lipinski definition) is 1. The zero-order chi connectivity index (χ0) is 13.5. The highest BCUT2D eigenvalue weighted by Crippen LogP contribution is 2.19. The summed E-state index contributed by atoms with van der Waals surface area (Å²) < 4.78 is 0. The van der Waals surface area contributed by atoms with Gasteiger partial charge in [-0.2, -0.15) is 5.26 Å². The van der Waals surface area contributed by atoms with Crippen LogP contribution in [0.1, 0.15) is 16.8 Å². The van der Waals surface area contributed by atoms with Gasteiger partial charge in [0.15, 0.2) is 0 Å². The van der Waals surface area contributed by atoms with E-state index in [0.717, 1.165) is 11.1 Å². The second-order valence-corrected chi connectivity index (χ2v) is 4.11. The largest absolute Gasteiger partial charge is 0.351 e. The van der Waals surface area contributed by atoms with E-state index in [1.807, 2.05) is 54.6 Å². The molecule has 0 heterocycles. The molecule has 94 valence electrons. The maximum Gasteiger partial charge on any atom is 0.251 e. The summed E-state index contributed by atoms with van der Waals surface area (Å²) in [4.78, 5) is 11.9. The number of nitrogens with zero attached hydrogens (tertiary/aromatic N) is 1. The summed E-state index contributed by atoms with van der Waals surface area (Å²) >= 11 is 0. The molecule has 19 heavy (non-hydrogen) atoms. The predicted octanol–water partition coefficient (Wildman–Crippen LogP) is 3.00. The minimum absolute atomic E-state index is 0.145. The zero-order valence-electron chi connectivity index (χ0n) is 10.5. The van der Waals surface area contributed by atoms with Crippen LogP contribution >= 0.6 is 0 Å². The number of rotatable bonds is 4. The SMILES string of the molecule is N#CCCNC(=O)c1cccc(-c2ccccc2)c1. The number of benzene rings is 2. The zero-order valence-corrected chi connectivity index (χ0v) is 10.5. The van der Waals surface area contributed by atoms with Gasteiger partial charge in [-0.3, -0.25) is 4.79 Å². The molecule has 0 unspecified atom stereocenters. The first-order valence-electron chi connectivity index (χ1n) is 6.12. The number of nitrogens with one attached hydrogen (secondary N) is 1. The average Bonchev–Trinajstić information content (AvgIpc) is 2.48. The Morgan fingerprint density at radius 2 is 1.79 bits per heavy atom. The molecule has 0 fully saturated rings. The van der Waals surface area contributed by atoms with Gasteiger partial charge >= 0.3 is 0 Å². The molecule has 3 heteroatoms. The molecule has 2 aromatic carbocycles. The maximum atomic E-state index is 11.9. The number of nitriles is 1. The fourth-order valence-electron chi connectivity index (χ4n) is 1.80. The molecule has 1 amide bonds. The standard InChI is InChI=1S/C16H14N2O/c17-10-5-11-18-16(19)15-9-4-8-14(12-15)13-6-2-1-3-7-13/h1-4,6-9,12H,5,11H2,(H,18,19). The summed E-state index contributed by atoms with van der Waals surface area (Å²) in [6.07, 6.45) is 0.324. The van der Waals surface area contributed by atoms with Crippen LogP contribution in [-0.2, 0) is 0 Å². The summed E-state index contributed by atoms with van der Waals surface area (Å²) in [5.41, 5.74) is 2.70. The maximum absolute atomic E-state index is 11.9. The first-order chi connectivity index (χ1) is 9.31. The monoisotopic (exact) mass is 250 g/mol. The second-order valence-electron chi connectivity index (χ2n) is 4.11. The Morgan fingerprint density at radius 1 is 1.05 bits per heavy atom. The first kappa shape index (κ1) is 12.8. The second kappa shape index (κ2) is 6.36. The van der Waals surface area contributed by atoms with E-state index in [4.69, 9.17) is 5.26 Å². The molecule has 0 spiro atoms. The molecule has 0 atom stereocenters. The van der Waals surface area contributed by atoms with E-state index < -0.39 is 0 Å². The van der Waals surface area contributed by atoms with Crippen molar-refractivity contribution in [3.8, 4) is 17.2 Å². The van der Waals surface area contributed by atoms with Gasteiger partial charge in [-0.1, -0.05) is 42.5 Å². The highest BCUT2D eigenvalue weighted by molar-refractivity contribution is 5.95. The molecular formula is C16H14N2O. The van der Waals surface area contributed by atoms with Gasteiger partial charge in [0.05, 0.1) is 12.5 Å². The van der Waals surface area contributed by atoms with E-state index in [2.05, 4.69) is 5.32 Å². The molecule has 0 aromatic heterocycles. The molecule has 2 rings (SSSR count). The van der Waals surface area contributed by atoms with Crippen molar-refractivity contribution in [1.82, 2.24) is 5.32 Å². The molecule has 0 bridgehead atoms. The van der Waals surface area contributed by atoms with Crippen LogP contribution in [0.3, 0.4) is 0 Å². The quantitative estimate of drug-likeness (QED) is 0.848. The van der Waals surface area contributed by atoms with Crippen LogP contribution in [0, 0.1) is 11.3 Å². The third-order valence-corrected chi connectivity index (χ3v) is 2.75. The molecule has 0 aliphatic rings. The van der Waals surface area contributed by atoms with Crippen molar-refractivity contribution in [1.29, 1.82) is 5.26 Å². The third kappa shape index (κ3) is 3.43. The smallest absolute Gasteiger partial charge is 0.251 e. The molecule has 0 saturated carbocycles. The molecule has 0 saturated heterocycles. The Hall–Kier alpha value is -2.60. The van der Waals surface area contributed by atoms with Crippen molar-refractivity contribution in [3.05, 3.63) is 60.2 Å². The molecule has 2 aromatic rings.